The molecular weight excluding hydrogens is 294 g/mol. The Balaban J connectivity index is 1.83. The Morgan fingerprint density at radius 3 is 2.57 bits per heavy atom. The highest BCUT2D eigenvalue weighted by atomic mass is 16.5. The van der Waals surface area contributed by atoms with Crippen LogP contribution >= 0.6 is 0 Å². The van der Waals surface area contributed by atoms with Crippen molar-refractivity contribution in [2.45, 2.75) is 6.92 Å². The number of aryl methyl sites for hydroxylation is 1. The predicted octanol–water partition coefficient (Wildman–Crippen LogP) is 2.34. The van der Waals surface area contributed by atoms with Gasteiger partial charge in [-0.3, -0.25) is 10.1 Å². The molecule has 1 aliphatic heterocycles. The van der Waals surface area contributed by atoms with Gasteiger partial charge >= 0.3 is 0 Å². The number of hydrogen-bond donors (Lipinski definition) is 1. The average molecular weight is 313 g/mol. The fourth-order valence-corrected chi connectivity index (χ4v) is 2.27. The Hall–Kier alpha value is -2.60. The molecule has 1 N–H and O–H groups in total. The first kappa shape index (κ1) is 15.3. The summed E-state index contributed by atoms with van der Waals surface area (Å²) in [5.41, 5.74) is 1.95. The van der Waals surface area contributed by atoms with Gasteiger partial charge < -0.3 is 14.1 Å². The number of rotatable bonds is 2. The van der Waals surface area contributed by atoms with Gasteiger partial charge in [0.2, 0.25) is 5.96 Å². The third-order valence-electron chi connectivity index (χ3n) is 3.55. The van der Waals surface area contributed by atoms with E-state index < -0.39 is 0 Å². The minimum Gasteiger partial charge on any atom is -0.459 e. The molecule has 1 amide bonds. The largest absolute Gasteiger partial charge is 0.459 e. The molecule has 2 heterocycles. The van der Waals surface area contributed by atoms with Crippen molar-refractivity contribution in [2.24, 2.45) is 4.99 Å². The summed E-state index contributed by atoms with van der Waals surface area (Å²) in [6, 6.07) is 11.1. The molecule has 1 aromatic heterocycles. The molecule has 0 saturated carbocycles. The first-order chi connectivity index (χ1) is 11.2. The third kappa shape index (κ3) is 3.98. The number of aliphatic imine (C=N–C) groups is 1. The number of hydrogen-bond acceptors (Lipinski definition) is 4. The van der Waals surface area contributed by atoms with Crippen LogP contribution in [0.1, 0.15) is 16.1 Å². The fraction of sp³-hybridized carbons (Fsp3) is 0.294. The molecule has 0 unspecified atom stereocenters. The molecule has 0 bridgehead atoms. The maximum Gasteiger partial charge on any atom is 0.293 e. The van der Waals surface area contributed by atoms with E-state index in [0.717, 1.165) is 11.3 Å². The van der Waals surface area contributed by atoms with E-state index in [-0.39, 0.29) is 11.7 Å². The fourth-order valence-electron chi connectivity index (χ4n) is 2.27. The van der Waals surface area contributed by atoms with Gasteiger partial charge in [-0.1, -0.05) is 17.7 Å². The van der Waals surface area contributed by atoms with Gasteiger partial charge in [-0.25, -0.2) is 4.99 Å². The Kier molecular flexibility index (Phi) is 4.73. The van der Waals surface area contributed by atoms with Gasteiger partial charge in [-0.05, 0) is 31.2 Å². The van der Waals surface area contributed by atoms with Crippen molar-refractivity contribution in [3.63, 3.8) is 0 Å². The lowest BCUT2D eigenvalue weighted by Gasteiger charge is -2.29. The molecule has 1 aliphatic rings. The summed E-state index contributed by atoms with van der Waals surface area (Å²) in [6.45, 7) is 4.62. The van der Waals surface area contributed by atoms with Gasteiger partial charge in [0, 0.05) is 13.1 Å². The smallest absolute Gasteiger partial charge is 0.293 e. The zero-order valence-corrected chi connectivity index (χ0v) is 13.0. The summed E-state index contributed by atoms with van der Waals surface area (Å²) < 4.78 is 10.5. The first-order valence-electron chi connectivity index (χ1n) is 7.55. The minimum atomic E-state index is -0.313. The summed E-state index contributed by atoms with van der Waals surface area (Å²) in [5, 5.41) is 2.84. The van der Waals surface area contributed by atoms with E-state index in [9.17, 15) is 4.79 Å². The molecule has 1 saturated heterocycles. The normalized spacial score (nSPS) is 15.5. The molecule has 1 aromatic carbocycles. The average Bonchev–Trinajstić information content (AvgIpc) is 3.12. The highest BCUT2D eigenvalue weighted by Gasteiger charge is 2.19. The lowest BCUT2D eigenvalue weighted by Crippen LogP contribution is -2.48. The number of nitrogens with one attached hydrogen (secondary N) is 1. The molecule has 0 atom stereocenters. The second-order valence-corrected chi connectivity index (χ2v) is 5.30. The van der Waals surface area contributed by atoms with Crippen molar-refractivity contribution in [1.82, 2.24) is 10.2 Å². The molecule has 6 heteroatoms. The number of morpholine rings is 1. The van der Waals surface area contributed by atoms with Crippen molar-refractivity contribution < 1.29 is 13.9 Å². The maximum absolute atomic E-state index is 12.3. The summed E-state index contributed by atoms with van der Waals surface area (Å²) in [5.74, 6) is 0.459. The Bertz CT molecular complexity index is 672. The lowest BCUT2D eigenvalue weighted by atomic mass is 10.2. The zero-order valence-electron chi connectivity index (χ0n) is 13.0. The van der Waals surface area contributed by atoms with Crippen LogP contribution in [-0.4, -0.2) is 43.1 Å². The van der Waals surface area contributed by atoms with Crippen molar-refractivity contribution in [3.8, 4) is 0 Å². The lowest BCUT2D eigenvalue weighted by molar-refractivity contribution is 0.0656. The number of nitrogens with zero attached hydrogens (tertiary/aromatic N) is 2. The molecule has 0 spiro atoms. The van der Waals surface area contributed by atoms with Crippen molar-refractivity contribution in [2.75, 3.05) is 26.3 Å². The summed E-state index contributed by atoms with van der Waals surface area (Å²) >= 11 is 0. The minimum absolute atomic E-state index is 0.259. The van der Waals surface area contributed by atoms with Crippen LogP contribution in [0.2, 0.25) is 0 Å². The van der Waals surface area contributed by atoms with Gasteiger partial charge in [0.25, 0.3) is 5.91 Å². The quantitative estimate of drug-likeness (QED) is 0.682. The number of furan rings is 1. The van der Waals surface area contributed by atoms with E-state index in [1.54, 1.807) is 12.1 Å². The monoisotopic (exact) mass is 313 g/mol. The second kappa shape index (κ2) is 7.11. The topological polar surface area (TPSA) is 67.1 Å². The molecule has 0 aliphatic carbocycles. The maximum atomic E-state index is 12.3. The van der Waals surface area contributed by atoms with Gasteiger partial charge in [-0.15, -0.1) is 0 Å². The Morgan fingerprint density at radius 1 is 1.17 bits per heavy atom. The molecule has 120 valence electrons. The zero-order chi connectivity index (χ0) is 16.1. The predicted molar refractivity (Wildman–Crippen MR) is 86.8 cm³/mol. The van der Waals surface area contributed by atoms with Crippen molar-refractivity contribution >= 4 is 17.6 Å². The number of carbonyl (C=O) groups is 1. The van der Waals surface area contributed by atoms with Crippen LogP contribution in [0.4, 0.5) is 5.69 Å². The number of benzene rings is 1. The number of guanidine groups is 1. The second-order valence-electron chi connectivity index (χ2n) is 5.30. The van der Waals surface area contributed by atoms with Crippen LogP contribution in [-0.2, 0) is 4.74 Å². The Morgan fingerprint density at radius 2 is 1.91 bits per heavy atom. The van der Waals surface area contributed by atoms with E-state index in [4.69, 9.17) is 9.15 Å². The van der Waals surface area contributed by atoms with Gasteiger partial charge in [-0.2, -0.15) is 0 Å². The number of ether oxygens (including phenoxy) is 1. The molecule has 6 nitrogen and oxygen atoms in total. The summed E-state index contributed by atoms with van der Waals surface area (Å²) in [6.07, 6.45) is 1.47. The van der Waals surface area contributed by atoms with E-state index in [0.29, 0.717) is 32.3 Å². The van der Waals surface area contributed by atoms with Crippen LogP contribution in [0.3, 0.4) is 0 Å². The van der Waals surface area contributed by atoms with E-state index in [1.807, 2.05) is 36.1 Å². The number of carbonyl (C=O) groups excluding carboxylic acids is 1. The SMILES string of the molecule is Cc1ccc(N=C(NC(=O)c2ccco2)N2CCOCC2)cc1. The first-order valence-corrected chi connectivity index (χ1v) is 7.55. The molecule has 1 fully saturated rings. The molecule has 2 aromatic rings. The van der Waals surface area contributed by atoms with Crippen LogP contribution in [0, 0.1) is 6.92 Å². The van der Waals surface area contributed by atoms with Crippen molar-refractivity contribution in [3.05, 3.63) is 54.0 Å². The third-order valence-corrected chi connectivity index (χ3v) is 3.55. The van der Waals surface area contributed by atoms with Gasteiger partial charge in [0.05, 0.1) is 25.2 Å². The molecule has 0 radical (unpaired) electrons. The van der Waals surface area contributed by atoms with Crippen LogP contribution < -0.4 is 5.32 Å². The summed E-state index contributed by atoms with van der Waals surface area (Å²) in [4.78, 5) is 18.9. The van der Waals surface area contributed by atoms with E-state index >= 15 is 0 Å². The highest BCUT2D eigenvalue weighted by Crippen LogP contribution is 2.14. The standard InChI is InChI=1S/C17H19N3O3/c1-13-4-6-14(7-5-13)18-17(20-8-11-22-12-9-20)19-16(21)15-3-2-10-23-15/h2-7,10H,8-9,11-12H2,1H3,(H,18,19,21). The van der Waals surface area contributed by atoms with E-state index in [1.165, 1.54) is 6.26 Å². The highest BCUT2D eigenvalue weighted by molar-refractivity contribution is 6.04. The molecule has 23 heavy (non-hydrogen) atoms. The van der Waals surface area contributed by atoms with Crippen LogP contribution in [0.25, 0.3) is 0 Å². The van der Waals surface area contributed by atoms with Crippen molar-refractivity contribution in [1.29, 1.82) is 0 Å². The molecular formula is C17H19N3O3. The van der Waals surface area contributed by atoms with Crippen LogP contribution in [0.5, 0.6) is 0 Å². The number of amides is 1. The van der Waals surface area contributed by atoms with E-state index in [2.05, 4.69) is 10.3 Å². The summed E-state index contributed by atoms with van der Waals surface area (Å²) in [7, 11) is 0. The Labute approximate surface area is 134 Å². The van der Waals surface area contributed by atoms with Gasteiger partial charge in [0.15, 0.2) is 5.76 Å². The molecule has 3 rings (SSSR count). The van der Waals surface area contributed by atoms with Gasteiger partial charge in [0.1, 0.15) is 0 Å². The van der Waals surface area contributed by atoms with Crippen LogP contribution in [0.15, 0.2) is 52.1 Å².